The summed E-state index contributed by atoms with van der Waals surface area (Å²) >= 11 is 1.18. The Morgan fingerprint density at radius 3 is 2.73 bits per heavy atom. The molecule has 1 aliphatic heterocycles. The van der Waals surface area contributed by atoms with Crippen molar-refractivity contribution in [2.75, 3.05) is 25.9 Å². The fourth-order valence-electron chi connectivity index (χ4n) is 3.30. The lowest BCUT2D eigenvalue weighted by Crippen LogP contribution is -2.60. The highest BCUT2D eigenvalue weighted by atomic mass is 32.2. The molecule has 3 heterocycles. The van der Waals surface area contributed by atoms with Crippen molar-refractivity contribution < 1.29 is 17.9 Å². The molecule has 0 unspecified atom stereocenters. The first-order chi connectivity index (χ1) is 14.2. The molecule has 3 N–H and O–H groups in total. The van der Waals surface area contributed by atoms with Crippen LogP contribution in [0.5, 0.6) is 5.75 Å². The van der Waals surface area contributed by atoms with Crippen LogP contribution in [-0.4, -0.2) is 55.1 Å². The number of carbonyl (C=O) groups is 1. The molecule has 4 rings (SSSR count). The van der Waals surface area contributed by atoms with Crippen LogP contribution < -0.4 is 15.8 Å². The Morgan fingerprint density at radius 1 is 1.30 bits per heavy atom. The number of fused-ring (bicyclic) bond motifs is 1. The summed E-state index contributed by atoms with van der Waals surface area (Å²) in [6.45, 7) is 4.11. The molecular weight excluding hydrogens is 426 g/mol. The molecule has 1 fully saturated rings. The van der Waals surface area contributed by atoms with Gasteiger partial charge in [-0.1, -0.05) is 6.07 Å². The molecule has 0 atom stereocenters. The molecule has 0 bridgehead atoms. The van der Waals surface area contributed by atoms with Crippen molar-refractivity contribution in [1.82, 2.24) is 19.8 Å². The zero-order valence-electron chi connectivity index (χ0n) is 16.7. The molecular formula is C19H21N5O4S2. The summed E-state index contributed by atoms with van der Waals surface area (Å²) in [4.78, 5) is 13.9. The van der Waals surface area contributed by atoms with Gasteiger partial charge in [-0.15, -0.1) is 16.4 Å². The normalized spacial score (nSPS) is 15.2. The second-order valence-corrected chi connectivity index (χ2v) is 10.0. The van der Waals surface area contributed by atoms with E-state index >= 15 is 0 Å². The average molecular weight is 448 g/mol. The molecule has 1 aromatic carbocycles. The number of carbonyl (C=O) groups excluding carboxylic acids is 1. The zero-order valence-corrected chi connectivity index (χ0v) is 18.3. The van der Waals surface area contributed by atoms with E-state index < -0.39 is 10.0 Å². The van der Waals surface area contributed by atoms with Crippen molar-refractivity contribution in [3.05, 3.63) is 40.4 Å². The third kappa shape index (κ3) is 3.38. The molecule has 1 saturated heterocycles. The number of nitrogen functional groups attached to an aromatic ring is 1. The van der Waals surface area contributed by atoms with Crippen LogP contribution in [0.15, 0.2) is 29.2 Å². The average Bonchev–Trinajstić information content (AvgIpc) is 3.04. The number of ether oxygens (including phenoxy) is 1. The molecule has 1 aliphatic rings. The first-order valence-corrected chi connectivity index (χ1v) is 11.4. The van der Waals surface area contributed by atoms with E-state index in [4.69, 9.17) is 10.5 Å². The van der Waals surface area contributed by atoms with Gasteiger partial charge in [-0.05, 0) is 31.5 Å². The van der Waals surface area contributed by atoms with E-state index in [9.17, 15) is 13.2 Å². The Kier molecular flexibility index (Phi) is 5.12. The fourth-order valence-corrected chi connectivity index (χ4v) is 5.87. The van der Waals surface area contributed by atoms with E-state index in [0.29, 0.717) is 21.1 Å². The largest absolute Gasteiger partial charge is 0.497 e. The zero-order chi connectivity index (χ0) is 21.6. The number of thiophene rings is 1. The van der Waals surface area contributed by atoms with Crippen LogP contribution in [0.1, 0.15) is 20.9 Å². The van der Waals surface area contributed by atoms with Gasteiger partial charge in [-0.2, -0.15) is 9.40 Å². The maximum atomic E-state index is 12.7. The first kappa shape index (κ1) is 20.5. The smallest absolute Gasteiger partial charge is 0.263 e. The summed E-state index contributed by atoms with van der Waals surface area (Å²) in [7, 11) is -2.16. The van der Waals surface area contributed by atoms with Gasteiger partial charge in [-0.25, -0.2) is 8.42 Å². The van der Waals surface area contributed by atoms with E-state index in [0.717, 1.165) is 16.6 Å². The Hall–Kier alpha value is -2.76. The number of amides is 1. The maximum Gasteiger partial charge on any atom is 0.263 e. The minimum absolute atomic E-state index is 0.157. The predicted octanol–water partition coefficient (Wildman–Crippen LogP) is 1.70. The predicted molar refractivity (Wildman–Crippen MR) is 114 cm³/mol. The number of sulfonamides is 1. The third-order valence-corrected chi connectivity index (χ3v) is 8.12. The molecule has 2 aromatic heterocycles. The number of aryl methyl sites for hydroxylation is 2. The van der Waals surface area contributed by atoms with Crippen molar-refractivity contribution in [2.24, 2.45) is 0 Å². The number of hydrogen-bond donors (Lipinski definition) is 2. The van der Waals surface area contributed by atoms with Crippen LogP contribution in [0.2, 0.25) is 0 Å². The second kappa shape index (κ2) is 7.49. The van der Waals surface area contributed by atoms with Crippen molar-refractivity contribution in [3.63, 3.8) is 0 Å². The number of nitrogens with two attached hydrogens (primary N) is 1. The van der Waals surface area contributed by atoms with Gasteiger partial charge >= 0.3 is 0 Å². The molecule has 30 heavy (non-hydrogen) atoms. The van der Waals surface area contributed by atoms with Crippen LogP contribution >= 0.6 is 11.3 Å². The van der Waals surface area contributed by atoms with Crippen LogP contribution in [0.4, 0.5) is 5.69 Å². The lowest BCUT2D eigenvalue weighted by atomic mass is 10.1. The van der Waals surface area contributed by atoms with Gasteiger partial charge in [0.15, 0.2) is 0 Å². The van der Waals surface area contributed by atoms with E-state index in [1.165, 1.54) is 34.9 Å². The molecule has 1 amide bonds. The van der Waals surface area contributed by atoms with Crippen molar-refractivity contribution >= 4 is 43.2 Å². The monoisotopic (exact) mass is 447 g/mol. The lowest BCUT2D eigenvalue weighted by molar-refractivity contribution is 0.0900. The second-order valence-electron chi connectivity index (χ2n) is 7.11. The summed E-state index contributed by atoms with van der Waals surface area (Å²) in [5, 5.41) is 11.8. The van der Waals surface area contributed by atoms with Crippen LogP contribution in [0, 0.1) is 13.8 Å². The minimum Gasteiger partial charge on any atom is -0.497 e. The Bertz CT molecular complexity index is 1250. The summed E-state index contributed by atoms with van der Waals surface area (Å²) in [5.41, 5.74) is 8.24. The summed E-state index contributed by atoms with van der Waals surface area (Å²) in [6.07, 6.45) is 0. The van der Waals surface area contributed by atoms with Gasteiger partial charge in [0.2, 0.25) is 10.0 Å². The maximum absolute atomic E-state index is 12.7. The number of rotatable bonds is 5. The van der Waals surface area contributed by atoms with Gasteiger partial charge in [0.1, 0.15) is 15.5 Å². The highest BCUT2D eigenvalue weighted by molar-refractivity contribution is 7.89. The molecule has 0 saturated carbocycles. The number of nitrogens with one attached hydrogen (secondary N) is 1. The van der Waals surface area contributed by atoms with E-state index in [1.54, 1.807) is 12.1 Å². The fraction of sp³-hybridized carbons (Fsp3) is 0.316. The van der Waals surface area contributed by atoms with Gasteiger partial charge in [-0.3, -0.25) is 4.79 Å². The minimum atomic E-state index is -3.65. The highest BCUT2D eigenvalue weighted by Crippen LogP contribution is 2.35. The number of nitrogens with zero attached hydrogens (tertiary/aromatic N) is 3. The van der Waals surface area contributed by atoms with Gasteiger partial charge in [0, 0.05) is 24.5 Å². The molecule has 0 radical (unpaired) electrons. The van der Waals surface area contributed by atoms with Gasteiger partial charge in [0.25, 0.3) is 5.91 Å². The molecule has 9 nitrogen and oxygen atoms in total. The first-order valence-electron chi connectivity index (χ1n) is 9.19. The Morgan fingerprint density at radius 2 is 2.03 bits per heavy atom. The summed E-state index contributed by atoms with van der Waals surface area (Å²) in [5.74, 6) is 0.131. The molecule has 0 aliphatic carbocycles. The van der Waals surface area contributed by atoms with Crippen molar-refractivity contribution in [2.45, 2.75) is 24.8 Å². The highest BCUT2D eigenvalue weighted by Gasteiger charge is 2.38. The molecule has 0 spiro atoms. The van der Waals surface area contributed by atoms with Gasteiger partial charge in [0.05, 0.1) is 29.4 Å². The van der Waals surface area contributed by atoms with Crippen LogP contribution in [0.25, 0.3) is 10.2 Å². The standard InChI is InChI=1S/C19H21N5O4S2/c1-10-11(2)22-23-19-15(10)16(20)17(29-19)18(25)21-12-8-24(9-12)30(26,27)14-6-4-5-13(7-14)28-3/h4-7,12H,8-9,20H2,1-3H3,(H,21,25). The van der Waals surface area contributed by atoms with E-state index in [1.807, 2.05) is 13.8 Å². The van der Waals surface area contributed by atoms with Crippen molar-refractivity contribution in [3.8, 4) is 5.75 Å². The Balaban J connectivity index is 1.46. The lowest BCUT2D eigenvalue weighted by Gasteiger charge is -2.38. The molecule has 3 aromatic rings. The number of aromatic nitrogens is 2. The third-order valence-electron chi connectivity index (χ3n) is 5.20. The van der Waals surface area contributed by atoms with E-state index in [2.05, 4.69) is 15.5 Å². The van der Waals surface area contributed by atoms with Gasteiger partial charge < -0.3 is 15.8 Å². The van der Waals surface area contributed by atoms with E-state index in [-0.39, 0.29) is 29.9 Å². The SMILES string of the molecule is COc1cccc(S(=O)(=O)N2CC(NC(=O)c3sc4nnc(C)c(C)c4c3N)C2)c1. The number of hydrogen-bond acceptors (Lipinski definition) is 8. The van der Waals surface area contributed by atoms with Crippen LogP contribution in [-0.2, 0) is 10.0 Å². The number of anilines is 1. The summed E-state index contributed by atoms with van der Waals surface area (Å²) < 4.78 is 31.9. The van der Waals surface area contributed by atoms with Crippen molar-refractivity contribution in [1.29, 1.82) is 0 Å². The molecule has 158 valence electrons. The Labute approximate surface area is 177 Å². The number of methoxy groups -OCH3 is 1. The molecule has 11 heteroatoms. The number of benzene rings is 1. The summed E-state index contributed by atoms with van der Waals surface area (Å²) in [6, 6.07) is 6.01. The quantitative estimate of drug-likeness (QED) is 0.609. The topological polar surface area (TPSA) is 128 Å². The van der Waals surface area contributed by atoms with Crippen LogP contribution in [0.3, 0.4) is 0 Å².